The molecule has 0 aliphatic rings. The van der Waals surface area contributed by atoms with Crippen molar-refractivity contribution in [1.29, 1.82) is 5.26 Å². The van der Waals surface area contributed by atoms with Gasteiger partial charge in [-0.1, -0.05) is 0 Å². The fourth-order valence-corrected chi connectivity index (χ4v) is 2.59. The number of halogens is 3. The second-order valence-corrected chi connectivity index (χ2v) is 6.55. The summed E-state index contributed by atoms with van der Waals surface area (Å²) in [6, 6.07) is 4.95. The van der Waals surface area contributed by atoms with Gasteiger partial charge in [-0.2, -0.15) is 23.5 Å². The van der Waals surface area contributed by atoms with Crippen molar-refractivity contribution in [2.45, 2.75) is 32.1 Å². The van der Waals surface area contributed by atoms with Crippen molar-refractivity contribution in [2.75, 3.05) is 0 Å². The van der Waals surface area contributed by atoms with Crippen molar-refractivity contribution in [3.05, 3.63) is 59.3 Å². The van der Waals surface area contributed by atoms with Crippen LogP contribution in [-0.2, 0) is 17.9 Å². The molecular weight excluding hydrogens is 415 g/mol. The number of pyridine rings is 1. The van der Waals surface area contributed by atoms with Crippen LogP contribution in [0.3, 0.4) is 0 Å². The van der Waals surface area contributed by atoms with E-state index in [0.29, 0.717) is 16.9 Å². The number of alkyl halides is 3. The number of amides is 2. The molecule has 12 heteroatoms. The normalized spacial score (nSPS) is 11.2. The van der Waals surface area contributed by atoms with E-state index in [9.17, 15) is 22.8 Å². The van der Waals surface area contributed by atoms with Gasteiger partial charge in [-0.15, -0.1) is 0 Å². The van der Waals surface area contributed by atoms with Gasteiger partial charge in [0, 0.05) is 25.4 Å². The quantitative estimate of drug-likeness (QED) is 0.589. The summed E-state index contributed by atoms with van der Waals surface area (Å²) < 4.78 is 37.9. The van der Waals surface area contributed by atoms with Gasteiger partial charge >= 0.3 is 6.18 Å². The molecule has 2 N–H and O–H groups in total. The first-order valence-corrected chi connectivity index (χ1v) is 9.03. The zero-order chi connectivity index (χ0) is 22.4. The maximum atomic E-state index is 12.2. The molecule has 0 spiro atoms. The van der Waals surface area contributed by atoms with Gasteiger partial charge in [0.05, 0.1) is 42.2 Å². The average Bonchev–Trinajstić information content (AvgIpc) is 3.16. The molecule has 0 radical (unpaired) electrons. The van der Waals surface area contributed by atoms with Crippen LogP contribution in [0.1, 0.15) is 40.0 Å². The van der Waals surface area contributed by atoms with Crippen LogP contribution in [0.25, 0.3) is 5.65 Å². The zero-order valence-electron chi connectivity index (χ0n) is 16.0. The summed E-state index contributed by atoms with van der Waals surface area (Å²) >= 11 is 0. The average molecular weight is 431 g/mol. The van der Waals surface area contributed by atoms with Crippen LogP contribution in [-0.4, -0.2) is 37.6 Å². The molecule has 9 nitrogen and oxygen atoms in total. The van der Waals surface area contributed by atoms with E-state index in [0.717, 1.165) is 0 Å². The van der Waals surface area contributed by atoms with Gasteiger partial charge in [-0.3, -0.25) is 14.6 Å². The number of carbonyl (C=O) groups is 2. The van der Waals surface area contributed by atoms with Gasteiger partial charge in [0.2, 0.25) is 5.91 Å². The van der Waals surface area contributed by atoms with E-state index in [-0.39, 0.29) is 24.2 Å². The molecule has 3 aromatic rings. The van der Waals surface area contributed by atoms with Crippen LogP contribution in [0.2, 0.25) is 0 Å². The Morgan fingerprint density at radius 3 is 2.68 bits per heavy atom. The number of fused-ring (bicyclic) bond motifs is 1. The highest BCUT2D eigenvalue weighted by molar-refractivity contribution is 5.94. The Morgan fingerprint density at radius 2 is 1.94 bits per heavy atom. The maximum Gasteiger partial charge on any atom is 0.389 e. The van der Waals surface area contributed by atoms with Crippen LogP contribution in [0.5, 0.6) is 0 Å². The fourth-order valence-electron chi connectivity index (χ4n) is 2.59. The molecule has 0 unspecified atom stereocenters. The first-order chi connectivity index (χ1) is 14.7. The summed E-state index contributed by atoms with van der Waals surface area (Å²) in [7, 11) is 0. The molecule has 0 aromatic carbocycles. The van der Waals surface area contributed by atoms with Crippen LogP contribution in [0.15, 0.2) is 36.9 Å². The lowest BCUT2D eigenvalue weighted by Crippen LogP contribution is -2.24. The third-order valence-electron chi connectivity index (χ3n) is 4.11. The number of hydrogen-bond acceptors (Lipinski definition) is 6. The molecule has 0 atom stereocenters. The van der Waals surface area contributed by atoms with Crippen LogP contribution in [0, 0.1) is 11.3 Å². The topological polar surface area (TPSA) is 125 Å². The van der Waals surface area contributed by atoms with E-state index in [1.165, 1.54) is 29.2 Å². The summed E-state index contributed by atoms with van der Waals surface area (Å²) in [5.74, 6) is -1.13. The van der Waals surface area contributed by atoms with Gasteiger partial charge in [-0.05, 0) is 17.7 Å². The molecule has 2 amide bonds. The van der Waals surface area contributed by atoms with Crippen molar-refractivity contribution in [3.63, 3.8) is 0 Å². The number of imidazole rings is 1. The molecule has 31 heavy (non-hydrogen) atoms. The Morgan fingerprint density at radius 1 is 1.13 bits per heavy atom. The minimum absolute atomic E-state index is 0.0152. The maximum absolute atomic E-state index is 12.2. The monoisotopic (exact) mass is 431 g/mol. The van der Waals surface area contributed by atoms with E-state index in [4.69, 9.17) is 5.26 Å². The summed E-state index contributed by atoms with van der Waals surface area (Å²) in [5.41, 5.74) is 2.02. The Kier molecular flexibility index (Phi) is 6.44. The van der Waals surface area contributed by atoms with E-state index in [1.807, 2.05) is 6.07 Å². The minimum atomic E-state index is -4.38. The number of hydrogen-bond donors (Lipinski definition) is 2. The van der Waals surface area contributed by atoms with Crippen LogP contribution < -0.4 is 10.6 Å². The largest absolute Gasteiger partial charge is 0.389 e. The second-order valence-electron chi connectivity index (χ2n) is 6.55. The van der Waals surface area contributed by atoms with E-state index < -0.39 is 30.8 Å². The third kappa shape index (κ3) is 6.23. The SMILES string of the molecule is N#Cc1cncc(C(=O)NCc2cn3ncc(CNC(=O)CCC(F)(F)F)cc3n2)c1. The molecule has 0 saturated carbocycles. The van der Waals surface area contributed by atoms with Crippen molar-refractivity contribution >= 4 is 17.5 Å². The van der Waals surface area contributed by atoms with Gasteiger partial charge in [0.25, 0.3) is 5.91 Å². The van der Waals surface area contributed by atoms with Gasteiger partial charge in [-0.25, -0.2) is 9.50 Å². The highest BCUT2D eigenvalue weighted by Crippen LogP contribution is 2.21. The highest BCUT2D eigenvalue weighted by Gasteiger charge is 2.27. The second kappa shape index (κ2) is 9.21. The van der Waals surface area contributed by atoms with Crippen LogP contribution in [0.4, 0.5) is 13.2 Å². The summed E-state index contributed by atoms with van der Waals surface area (Å²) in [6.07, 6.45) is -0.445. The first-order valence-electron chi connectivity index (χ1n) is 9.03. The minimum Gasteiger partial charge on any atom is -0.352 e. The molecule has 0 fully saturated rings. The van der Waals surface area contributed by atoms with Crippen LogP contribution >= 0.6 is 0 Å². The molecule has 160 valence electrons. The van der Waals surface area contributed by atoms with E-state index in [2.05, 4.69) is 25.7 Å². The van der Waals surface area contributed by atoms with E-state index >= 15 is 0 Å². The lowest BCUT2D eigenvalue weighted by Gasteiger charge is -2.07. The molecule has 3 aromatic heterocycles. The van der Waals surface area contributed by atoms with Crippen molar-refractivity contribution in [1.82, 2.24) is 30.2 Å². The zero-order valence-corrected chi connectivity index (χ0v) is 16.0. The molecule has 0 aliphatic heterocycles. The van der Waals surface area contributed by atoms with Crippen molar-refractivity contribution in [2.24, 2.45) is 0 Å². The summed E-state index contributed by atoms with van der Waals surface area (Å²) in [6.45, 7) is 0.115. The Labute approximate surface area is 173 Å². The number of nitriles is 1. The molecule has 3 rings (SSSR count). The number of nitrogens with zero attached hydrogens (tertiary/aromatic N) is 5. The summed E-state index contributed by atoms with van der Waals surface area (Å²) in [4.78, 5) is 31.9. The Balaban J connectivity index is 1.57. The predicted molar refractivity (Wildman–Crippen MR) is 100 cm³/mol. The van der Waals surface area contributed by atoms with Gasteiger partial charge < -0.3 is 10.6 Å². The van der Waals surface area contributed by atoms with Gasteiger partial charge in [0.15, 0.2) is 5.65 Å². The Bertz CT molecular complexity index is 1150. The number of nitrogens with one attached hydrogen (secondary N) is 2. The molecule has 3 heterocycles. The third-order valence-corrected chi connectivity index (χ3v) is 4.11. The smallest absolute Gasteiger partial charge is 0.352 e. The van der Waals surface area contributed by atoms with E-state index in [1.54, 1.807) is 12.3 Å². The Hall–Kier alpha value is -4.01. The lowest BCUT2D eigenvalue weighted by molar-refractivity contribution is -0.144. The first kappa shape index (κ1) is 21.7. The van der Waals surface area contributed by atoms with Gasteiger partial charge in [0.1, 0.15) is 6.07 Å². The summed E-state index contributed by atoms with van der Waals surface area (Å²) in [5, 5.41) is 18.1. The van der Waals surface area contributed by atoms with Crippen molar-refractivity contribution in [3.8, 4) is 6.07 Å². The number of carbonyl (C=O) groups excluding carboxylic acids is 2. The standard InChI is InChI=1S/C19H16F3N7O2/c20-19(21,22)2-1-17(30)25-7-13-4-16-28-15(11-29(16)27-8-13)10-26-18(31)14-3-12(5-23)6-24-9-14/h3-4,6,8-9,11H,1-2,7,10H2,(H,25,30)(H,26,31). The number of rotatable bonds is 7. The fraction of sp³-hybridized carbons (Fsp3) is 0.263. The highest BCUT2D eigenvalue weighted by atomic mass is 19.4. The molecule has 0 saturated heterocycles. The molecular formula is C19H16F3N7O2. The molecule has 0 aliphatic carbocycles. The predicted octanol–water partition coefficient (Wildman–Crippen LogP) is 1.88. The lowest BCUT2D eigenvalue weighted by atomic mass is 10.2. The molecule has 0 bridgehead atoms. The van der Waals surface area contributed by atoms with Crippen molar-refractivity contribution < 1.29 is 22.8 Å². The number of aromatic nitrogens is 4.